The van der Waals surface area contributed by atoms with Crippen molar-refractivity contribution in [1.82, 2.24) is 10.2 Å². The molecule has 1 fully saturated rings. The maximum Gasteiger partial charge on any atom is 0.287 e. The first-order valence-corrected chi connectivity index (χ1v) is 10.9. The van der Waals surface area contributed by atoms with E-state index in [4.69, 9.17) is 9.15 Å². The molecule has 1 amide bonds. The summed E-state index contributed by atoms with van der Waals surface area (Å²) in [6.07, 6.45) is 5.35. The van der Waals surface area contributed by atoms with Gasteiger partial charge in [-0.2, -0.15) is 0 Å². The van der Waals surface area contributed by atoms with Gasteiger partial charge in [0.05, 0.1) is 23.8 Å². The van der Waals surface area contributed by atoms with Crippen LogP contribution >= 0.6 is 11.8 Å². The van der Waals surface area contributed by atoms with Crippen molar-refractivity contribution in [1.29, 1.82) is 0 Å². The van der Waals surface area contributed by atoms with E-state index >= 15 is 0 Å². The fourth-order valence-corrected chi connectivity index (χ4v) is 4.74. The van der Waals surface area contributed by atoms with Crippen LogP contribution in [-0.4, -0.2) is 42.8 Å². The van der Waals surface area contributed by atoms with Gasteiger partial charge in [-0.1, -0.05) is 36.8 Å². The Balaban J connectivity index is 1.50. The highest BCUT2D eigenvalue weighted by atomic mass is 32.2. The molecule has 1 aromatic carbocycles. The van der Waals surface area contributed by atoms with Gasteiger partial charge in [0.1, 0.15) is 5.76 Å². The summed E-state index contributed by atoms with van der Waals surface area (Å²) in [4.78, 5) is 16.3. The number of carbonyl (C=O) groups excluding carboxylic acids is 1. The fraction of sp³-hybridized carbons (Fsp3) is 0.409. The molecular formula is C22H26N2O3S. The van der Waals surface area contributed by atoms with E-state index in [0.717, 1.165) is 35.1 Å². The summed E-state index contributed by atoms with van der Waals surface area (Å²) in [6.45, 7) is 3.13. The summed E-state index contributed by atoms with van der Waals surface area (Å²) in [5.41, 5.74) is 1.02. The molecule has 4 rings (SSSR count). The molecule has 0 spiro atoms. The predicted octanol–water partition coefficient (Wildman–Crippen LogP) is 4.06. The summed E-state index contributed by atoms with van der Waals surface area (Å²) in [6, 6.07) is 13.9. The molecule has 0 radical (unpaired) electrons. The van der Waals surface area contributed by atoms with Crippen LogP contribution in [0.4, 0.5) is 0 Å². The number of likely N-dealkylation sites (tertiary alicyclic amines) is 1. The van der Waals surface area contributed by atoms with E-state index in [9.17, 15) is 4.79 Å². The number of furan rings is 1. The molecule has 2 aliphatic heterocycles. The lowest BCUT2D eigenvalue weighted by atomic mass is 10.1. The Hall–Kier alpha value is -2.18. The summed E-state index contributed by atoms with van der Waals surface area (Å²) >= 11 is 1.68. The summed E-state index contributed by atoms with van der Waals surface area (Å²) < 4.78 is 11.5. The third kappa shape index (κ3) is 4.45. The van der Waals surface area contributed by atoms with Crippen LogP contribution in [0.15, 0.2) is 58.9 Å². The lowest BCUT2D eigenvalue weighted by Gasteiger charge is -2.33. The monoisotopic (exact) mass is 398 g/mol. The molecule has 2 aromatic rings. The third-order valence-corrected chi connectivity index (χ3v) is 6.26. The first-order chi connectivity index (χ1) is 13.8. The Morgan fingerprint density at radius 3 is 2.68 bits per heavy atom. The first kappa shape index (κ1) is 19.2. The number of nitrogens with one attached hydrogen (secondary N) is 1. The number of thioether (sulfide) groups is 1. The van der Waals surface area contributed by atoms with Gasteiger partial charge in [-0.15, -0.1) is 11.8 Å². The van der Waals surface area contributed by atoms with Crippen molar-refractivity contribution in [2.45, 2.75) is 25.3 Å². The molecule has 28 heavy (non-hydrogen) atoms. The standard InChI is InChI=1S/C22H26N2O3S/c25-22(20-21(28-15-14-27-20)17-8-3-1-4-9-17)23-16-18(19-10-7-13-26-19)24-11-5-2-6-12-24/h1,3-4,7-10,13,18H,2,5-6,11-12,14-16H2,(H,23,25)/t18-/m1/s1. The van der Waals surface area contributed by atoms with Crippen molar-refractivity contribution in [3.05, 3.63) is 65.8 Å². The summed E-state index contributed by atoms with van der Waals surface area (Å²) in [5, 5.41) is 3.10. The number of carbonyl (C=O) groups is 1. The molecular weight excluding hydrogens is 372 g/mol. The van der Waals surface area contributed by atoms with Gasteiger partial charge in [0.2, 0.25) is 0 Å². The molecule has 1 saturated heterocycles. The predicted molar refractivity (Wildman–Crippen MR) is 112 cm³/mol. The van der Waals surface area contributed by atoms with Crippen LogP contribution < -0.4 is 5.32 Å². The maximum absolute atomic E-state index is 13.0. The van der Waals surface area contributed by atoms with Gasteiger partial charge >= 0.3 is 0 Å². The Morgan fingerprint density at radius 1 is 1.11 bits per heavy atom. The van der Waals surface area contributed by atoms with E-state index in [1.54, 1.807) is 18.0 Å². The first-order valence-electron chi connectivity index (χ1n) is 9.94. The number of hydrogen-bond donors (Lipinski definition) is 1. The zero-order valence-electron chi connectivity index (χ0n) is 15.9. The molecule has 0 unspecified atom stereocenters. The number of nitrogens with zero attached hydrogens (tertiary/aromatic N) is 1. The van der Waals surface area contributed by atoms with Crippen molar-refractivity contribution in [2.75, 3.05) is 32.0 Å². The van der Waals surface area contributed by atoms with Crippen molar-refractivity contribution in [3.63, 3.8) is 0 Å². The maximum atomic E-state index is 13.0. The summed E-state index contributed by atoms with van der Waals surface area (Å²) in [7, 11) is 0. The van der Waals surface area contributed by atoms with E-state index in [-0.39, 0.29) is 11.9 Å². The lowest BCUT2D eigenvalue weighted by Crippen LogP contribution is -2.41. The van der Waals surface area contributed by atoms with Crippen LogP contribution in [0.2, 0.25) is 0 Å². The van der Waals surface area contributed by atoms with Gasteiger partial charge in [-0.25, -0.2) is 0 Å². The summed E-state index contributed by atoms with van der Waals surface area (Å²) in [5.74, 6) is 2.03. The van der Waals surface area contributed by atoms with Crippen molar-refractivity contribution >= 4 is 22.6 Å². The quantitative estimate of drug-likeness (QED) is 0.795. The second-order valence-electron chi connectivity index (χ2n) is 7.06. The van der Waals surface area contributed by atoms with E-state index in [2.05, 4.69) is 10.2 Å². The molecule has 3 heterocycles. The SMILES string of the molecule is O=C(NC[C@H](c1ccco1)N1CCCCC1)C1=C(c2ccccc2)SCCO1. The van der Waals surface area contributed by atoms with Gasteiger partial charge in [0.15, 0.2) is 5.76 Å². The minimum absolute atomic E-state index is 0.0521. The average molecular weight is 399 g/mol. The van der Waals surface area contributed by atoms with Crippen LogP contribution in [0.25, 0.3) is 4.91 Å². The Bertz CT molecular complexity index is 798. The highest BCUT2D eigenvalue weighted by molar-refractivity contribution is 8.08. The molecule has 0 saturated carbocycles. The highest BCUT2D eigenvalue weighted by Crippen LogP contribution is 2.34. The highest BCUT2D eigenvalue weighted by Gasteiger charge is 2.27. The van der Waals surface area contributed by atoms with Crippen LogP contribution in [0.3, 0.4) is 0 Å². The van der Waals surface area contributed by atoms with Crippen LogP contribution in [0, 0.1) is 0 Å². The number of hydrogen-bond acceptors (Lipinski definition) is 5. The van der Waals surface area contributed by atoms with Gasteiger partial charge in [0.25, 0.3) is 5.91 Å². The van der Waals surface area contributed by atoms with Gasteiger partial charge < -0.3 is 14.5 Å². The lowest BCUT2D eigenvalue weighted by molar-refractivity contribution is -0.121. The van der Waals surface area contributed by atoms with Crippen molar-refractivity contribution < 1.29 is 13.9 Å². The van der Waals surface area contributed by atoms with E-state index in [1.165, 1.54) is 19.3 Å². The smallest absolute Gasteiger partial charge is 0.287 e. The van der Waals surface area contributed by atoms with Gasteiger partial charge in [-0.3, -0.25) is 9.69 Å². The van der Waals surface area contributed by atoms with Crippen molar-refractivity contribution in [2.24, 2.45) is 0 Å². The average Bonchev–Trinajstić information content (AvgIpc) is 3.30. The Morgan fingerprint density at radius 2 is 1.93 bits per heavy atom. The molecule has 0 aliphatic carbocycles. The zero-order valence-corrected chi connectivity index (χ0v) is 16.7. The van der Waals surface area contributed by atoms with Crippen molar-refractivity contribution in [3.8, 4) is 0 Å². The number of piperidine rings is 1. The number of rotatable bonds is 6. The van der Waals surface area contributed by atoms with E-state index in [1.807, 2.05) is 42.5 Å². The Kier molecular flexibility index (Phi) is 6.39. The molecule has 5 nitrogen and oxygen atoms in total. The normalized spacial score (nSPS) is 19.1. The topological polar surface area (TPSA) is 54.7 Å². The second kappa shape index (κ2) is 9.34. The number of ether oxygens (including phenoxy) is 1. The van der Waals surface area contributed by atoms with Gasteiger partial charge in [0, 0.05) is 12.3 Å². The molecule has 1 N–H and O–H groups in total. The molecule has 148 valence electrons. The van der Waals surface area contributed by atoms with E-state index in [0.29, 0.717) is 18.9 Å². The molecule has 1 atom stereocenters. The van der Waals surface area contributed by atoms with Crippen LogP contribution in [-0.2, 0) is 9.53 Å². The molecule has 1 aromatic heterocycles. The second-order valence-corrected chi connectivity index (χ2v) is 8.16. The minimum atomic E-state index is -0.153. The third-order valence-electron chi connectivity index (χ3n) is 5.18. The number of amides is 1. The molecule has 0 bridgehead atoms. The molecule has 2 aliphatic rings. The minimum Gasteiger partial charge on any atom is -0.486 e. The molecule has 6 heteroatoms. The fourth-order valence-electron chi connectivity index (χ4n) is 3.78. The Labute approximate surface area is 170 Å². The van der Waals surface area contributed by atoms with Crippen LogP contribution in [0.1, 0.15) is 36.6 Å². The number of benzene rings is 1. The van der Waals surface area contributed by atoms with Gasteiger partial charge in [-0.05, 0) is 43.6 Å². The van der Waals surface area contributed by atoms with E-state index < -0.39 is 0 Å². The van der Waals surface area contributed by atoms with Crippen LogP contribution in [0.5, 0.6) is 0 Å². The largest absolute Gasteiger partial charge is 0.486 e. The zero-order chi connectivity index (χ0) is 19.2.